The lowest BCUT2D eigenvalue weighted by Gasteiger charge is -2.67. The molecule has 2 bridgehead atoms. The number of nitrogens with two attached hydrogens (primary N) is 1. The number of ether oxygens (including phenoxy) is 9. The minimum absolute atomic E-state index is 0.0197. The number of likely N-dealkylation sites (N-methyl/N-ethyl adjacent to an activating group) is 2. The molecule has 30 nitrogen and oxygen atoms in total. The van der Waals surface area contributed by atoms with Crippen LogP contribution in [0, 0.1) is 28.6 Å². The Balaban J connectivity index is 1.11. The van der Waals surface area contributed by atoms with Gasteiger partial charge in [0.1, 0.15) is 66.1 Å². The summed E-state index contributed by atoms with van der Waals surface area (Å²) in [4.78, 5) is 168. The summed E-state index contributed by atoms with van der Waals surface area (Å²) < 4.78 is 55.3. The number of methoxy groups -OCH3 is 2. The molecule has 3 aliphatic carbocycles. The van der Waals surface area contributed by atoms with Gasteiger partial charge in [-0.15, -0.1) is 11.8 Å². The van der Waals surface area contributed by atoms with E-state index in [9.17, 15) is 53.1 Å². The van der Waals surface area contributed by atoms with E-state index in [1.165, 1.54) is 52.3 Å². The number of fused-ring (bicyclic) bond motifs is 5. The van der Waals surface area contributed by atoms with E-state index >= 15 is 9.59 Å². The molecular formula is C76H104N8O22S. The molecule has 13 atom stereocenters. The van der Waals surface area contributed by atoms with Crippen molar-refractivity contribution in [2.45, 2.75) is 187 Å². The molecule has 3 aromatic rings. The number of aliphatic hydroxyl groups is 1. The zero-order valence-electron chi connectivity index (χ0n) is 63.7. The Morgan fingerprint density at radius 1 is 0.794 bits per heavy atom. The molecule has 2 saturated carbocycles. The number of urea groups is 1. The number of alkyl carbamates (subject to hydrolysis) is 1. The molecule has 8 amide bonds. The van der Waals surface area contributed by atoms with Crippen molar-refractivity contribution in [2.75, 3.05) is 71.4 Å². The van der Waals surface area contributed by atoms with Crippen LogP contribution in [0.2, 0.25) is 0 Å². The molecule has 1 saturated heterocycles. The highest BCUT2D eigenvalue weighted by Gasteiger charge is 2.78. The Morgan fingerprint density at radius 3 is 1.98 bits per heavy atom. The minimum atomic E-state index is -2.40. The van der Waals surface area contributed by atoms with Gasteiger partial charge < -0.3 is 89.9 Å². The first-order chi connectivity index (χ1) is 50.2. The number of thioether (sulfide) groups is 1. The number of hydrogen-bond acceptors (Lipinski definition) is 23. The van der Waals surface area contributed by atoms with Crippen LogP contribution in [-0.2, 0) is 82.8 Å². The number of ketones is 2. The van der Waals surface area contributed by atoms with Gasteiger partial charge in [-0.2, -0.15) is 0 Å². The second-order valence-corrected chi connectivity index (χ2v) is 30.8. The van der Waals surface area contributed by atoms with Gasteiger partial charge in [0.2, 0.25) is 23.8 Å². The molecule has 107 heavy (non-hydrogen) atoms. The number of Topliss-reactive ketones (excluding diaryl/α,β-unsaturated/α-hetero) is 2. The molecule has 4 aliphatic rings. The van der Waals surface area contributed by atoms with Gasteiger partial charge in [-0.1, -0.05) is 102 Å². The van der Waals surface area contributed by atoms with Crippen molar-refractivity contribution in [1.82, 2.24) is 31.1 Å². The Morgan fingerprint density at radius 2 is 1.42 bits per heavy atom. The molecular weight excluding hydrogens is 1410 g/mol. The maximum Gasteiger partial charge on any atom is 0.410 e. The van der Waals surface area contributed by atoms with Gasteiger partial charge in [0, 0.05) is 84.7 Å². The third-order valence-electron chi connectivity index (χ3n) is 20.2. The van der Waals surface area contributed by atoms with E-state index in [0.29, 0.717) is 11.3 Å². The zero-order chi connectivity index (χ0) is 79.3. The Labute approximate surface area is 627 Å². The lowest BCUT2D eigenvalue weighted by atomic mass is 9.44. The highest BCUT2D eigenvalue weighted by atomic mass is 32.2. The van der Waals surface area contributed by atoms with E-state index in [4.69, 9.17) is 48.4 Å². The Hall–Kier alpha value is -9.17. The summed E-state index contributed by atoms with van der Waals surface area (Å²) in [5.41, 5.74) is -1.89. The molecule has 0 radical (unpaired) electrons. The largest absolute Gasteiger partial charge is 0.455 e. The van der Waals surface area contributed by atoms with Gasteiger partial charge >= 0.3 is 42.2 Å². The molecule has 31 heteroatoms. The van der Waals surface area contributed by atoms with Crippen molar-refractivity contribution in [3.8, 4) is 0 Å². The number of carbonyl (C=O) groups is 12. The number of nitrogens with one attached hydrogen (secondary N) is 5. The molecule has 586 valence electrons. The van der Waals surface area contributed by atoms with Gasteiger partial charge in [-0.05, 0) is 99.9 Å². The molecule has 3 fully saturated rings. The van der Waals surface area contributed by atoms with Crippen molar-refractivity contribution in [2.24, 2.45) is 34.3 Å². The molecule has 1 heterocycles. The smallest absolute Gasteiger partial charge is 0.410 e. The molecule has 0 spiro atoms. The van der Waals surface area contributed by atoms with Crippen molar-refractivity contribution < 1.29 is 105 Å². The highest BCUT2D eigenvalue weighted by Crippen LogP contribution is 2.65. The summed E-state index contributed by atoms with van der Waals surface area (Å²) in [7, 11) is 5.45. The first-order valence-electron chi connectivity index (χ1n) is 35.5. The van der Waals surface area contributed by atoms with Crippen LogP contribution in [0.25, 0.3) is 0 Å². The predicted octanol–water partition coefficient (Wildman–Crippen LogP) is 6.88. The summed E-state index contributed by atoms with van der Waals surface area (Å²) in [5.74, 6) is -7.26. The first kappa shape index (κ1) is 85.1. The number of esters is 3. The van der Waals surface area contributed by atoms with E-state index in [2.05, 4.69) is 26.6 Å². The number of hydrogen-bond donors (Lipinski definition) is 7. The van der Waals surface area contributed by atoms with E-state index in [0.717, 1.165) is 16.7 Å². The summed E-state index contributed by atoms with van der Waals surface area (Å²) in [6.07, 6.45) is -12.2. The standard InChI is InChI=1S/C76H104N8O22S/c1-42(2)51(86)39-107-40-55(87)81-57(43(3)4)65(90)80-50(28-23-33-78-68(77)93)64(89)79-49-31-29-46(30-32-49)38-100-70(95)83(13)34-35-84(14)71(96)103-60(58(47-24-19-17-20-25-47)82-69(94)106-72(7,8)9)67(92)102-52-37-76(97)63(104-66(91)48-26-21-18-22-27-48)61-74(12,62(88)59(99-16)56(44(52)5)73(76,10)11)53(98-15)36-54-75(61,41-101-54)105-45(6)85/h17-22,24-27,29-32,42-43,50,52-54,57-61,63,97H,23,28,33-41H2,1-16H3,(H,79,89)(H,80,90)(H,81,87)(H,82,94)(H3,77,78,93)/t50-,52-,53-,54+,57-,58-,59+,60+,61-,63-,74+,75-,76+/m0/s1. The molecule has 1 aliphatic heterocycles. The van der Waals surface area contributed by atoms with Crippen LogP contribution in [0.1, 0.15) is 136 Å². The predicted molar refractivity (Wildman–Crippen MR) is 391 cm³/mol. The van der Waals surface area contributed by atoms with E-state index in [1.54, 1.807) is 149 Å². The fourth-order valence-electron chi connectivity index (χ4n) is 14.2. The van der Waals surface area contributed by atoms with Crippen LogP contribution in [0.3, 0.4) is 0 Å². The number of anilines is 1. The maximum absolute atomic E-state index is 16.0. The molecule has 0 aromatic heterocycles. The van der Waals surface area contributed by atoms with Crippen LogP contribution >= 0.6 is 11.8 Å². The van der Waals surface area contributed by atoms with Crippen molar-refractivity contribution in [3.05, 3.63) is 113 Å². The number of primary amides is 1. The summed E-state index contributed by atoms with van der Waals surface area (Å²) in [6.45, 7) is 18.6. The zero-order valence-corrected chi connectivity index (χ0v) is 64.5. The Bertz CT molecular complexity index is 3760. The van der Waals surface area contributed by atoms with Gasteiger partial charge in [0.05, 0.1) is 41.1 Å². The third-order valence-corrected chi connectivity index (χ3v) is 21.2. The van der Waals surface area contributed by atoms with Crippen molar-refractivity contribution >= 4 is 89.0 Å². The van der Waals surface area contributed by atoms with Crippen LogP contribution in [0.4, 0.5) is 24.9 Å². The topological polar surface area (TPSA) is 401 Å². The number of amides is 8. The fraction of sp³-hybridized carbons (Fsp3) is 0.579. The lowest BCUT2D eigenvalue weighted by Crippen LogP contribution is -2.82. The molecule has 8 N–H and O–H groups in total. The van der Waals surface area contributed by atoms with Crippen LogP contribution in [0.5, 0.6) is 0 Å². The average molecular weight is 1510 g/mol. The highest BCUT2D eigenvalue weighted by molar-refractivity contribution is 8.00. The lowest BCUT2D eigenvalue weighted by molar-refractivity contribution is -0.347. The van der Waals surface area contributed by atoms with E-state index in [1.807, 2.05) is 0 Å². The van der Waals surface area contributed by atoms with Gasteiger partial charge in [0.15, 0.2) is 11.4 Å². The second kappa shape index (κ2) is 36.2. The van der Waals surface area contributed by atoms with Gasteiger partial charge in [-0.25, -0.2) is 28.8 Å². The Kier molecular flexibility index (Phi) is 28.7. The third kappa shape index (κ3) is 20.2. The quantitative estimate of drug-likeness (QED) is 0.0149. The first-order valence-corrected chi connectivity index (χ1v) is 36.7. The van der Waals surface area contributed by atoms with Crippen molar-refractivity contribution in [3.63, 3.8) is 0 Å². The minimum Gasteiger partial charge on any atom is -0.455 e. The number of rotatable bonds is 31. The normalized spacial score (nSPS) is 23.9. The van der Waals surface area contributed by atoms with E-state index < -0.39 is 166 Å². The molecule has 0 unspecified atom stereocenters. The van der Waals surface area contributed by atoms with Crippen molar-refractivity contribution in [1.29, 1.82) is 0 Å². The molecule has 7 rings (SSSR count). The SMILES string of the molecule is CO[C@H]1C(=O)[C@]2(C)[C@@H](OC)C[C@H]3OC[C@@]3(OC(C)=O)[C@H]2[C@H](OC(=O)c2ccccc2)[C@]2(O)C[C@H](OC(=O)[C@H](OC(=O)N(C)CCN(C)C(=O)OCc3ccc(NC(=O)[C@H](CCCNC(N)=O)NC(=O)[C@@H](NC(=O)CSCC(=O)C(C)C)C(C)C)cc3)[C@@H](NC(=O)OC(C)(C)C)c3ccccc3)C(C)=C1C2(C)C. The summed E-state index contributed by atoms with van der Waals surface area (Å²) >= 11 is 1.13. The van der Waals surface area contributed by atoms with Gasteiger partial charge in [0.25, 0.3) is 0 Å². The maximum atomic E-state index is 16.0. The van der Waals surface area contributed by atoms with E-state index in [-0.39, 0.29) is 97.6 Å². The number of benzene rings is 3. The van der Waals surface area contributed by atoms with Gasteiger partial charge in [-0.3, -0.25) is 28.8 Å². The van der Waals surface area contributed by atoms with Crippen LogP contribution in [-0.4, -0.2) is 218 Å². The summed E-state index contributed by atoms with van der Waals surface area (Å²) in [6, 6.07) is 17.7. The molecule has 3 aromatic carbocycles. The number of nitrogens with zero attached hydrogens (tertiary/aromatic N) is 2. The monoisotopic (exact) mass is 1510 g/mol. The summed E-state index contributed by atoms with van der Waals surface area (Å²) in [5, 5.41) is 27.6. The van der Waals surface area contributed by atoms with Crippen LogP contribution < -0.4 is 32.3 Å². The average Bonchev–Trinajstić information content (AvgIpc) is 0.668. The van der Waals surface area contributed by atoms with Crippen LogP contribution in [0.15, 0.2) is 96.1 Å². The number of carbonyl (C=O) groups excluding carboxylic acids is 12. The fourth-order valence-corrected chi connectivity index (χ4v) is 15.1. The second-order valence-electron chi connectivity index (χ2n) is 29.8.